The van der Waals surface area contributed by atoms with Gasteiger partial charge in [0.15, 0.2) is 5.69 Å². The molecule has 0 aliphatic carbocycles. The third-order valence-corrected chi connectivity index (χ3v) is 9.43. The van der Waals surface area contributed by atoms with Gasteiger partial charge in [-0.1, -0.05) is 0 Å². The summed E-state index contributed by atoms with van der Waals surface area (Å²) in [7, 11) is 1.71. The van der Waals surface area contributed by atoms with Crippen molar-refractivity contribution in [1.82, 2.24) is 19.6 Å². The number of methoxy groups -OCH3 is 1. The highest BCUT2D eigenvalue weighted by Crippen LogP contribution is 2.46. The number of benzene rings is 1. The van der Waals surface area contributed by atoms with Gasteiger partial charge in [-0.2, -0.15) is 5.10 Å². The van der Waals surface area contributed by atoms with Crippen LogP contribution < -0.4 is 4.74 Å². The number of aromatic nitrogens is 2. The molecular formula is C28H38N4O4S. The molecule has 0 saturated carbocycles. The fourth-order valence-electron chi connectivity index (χ4n) is 6.17. The van der Waals surface area contributed by atoms with Gasteiger partial charge in [-0.05, 0) is 69.3 Å². The number of piperidine rings is 1. The van der Waals surface area contributed by atoms with Crippen LogP contribution in [0.4, 0.5) is 0 Å². The molecule has 0 radical (unpaired) electrons. The molecule has 3 fully saturated rings. The van der Waals surface area contributed by atoms with Crippen molar-refractivity contribution in [2.75, 3.05) is 66.3 Å². The summed E-state index contributed by atoms with van der Waals surface area (Å²) < 4.78 is 18.8. The predicted molar refractivity (Wildman–Crippen MR) is 143 cm³/mol. The smallest absolute Gasteiger partial charge is 0.274 e. The highest BCUT2D eigenvalue weighted by atomic mass is 32.2. The minimum absolute atomic E-state index is 0.0445. The van der Waals surface area contributed by atoms with E-state index in [-0.39, 0.29) is 11.9 Å². The molecule has 0 N–H and O–H groups in total. The summed E-state index contributed by atoms with van der Waals surface area (Å²) in [4.78, 5) is 19.4. The molecule has 1 aromatic heterocycles. The van der Waals surface area contributed by atoms with Crippen LogP contribution in [-0.2, 0) is 15.2 Å². The monoisotopic (exact) mass is 526 g/mol. The fourth-order valence-corrected chi connectivity index (χ4v) is 7.27. The topological polar surface area (TPSA) is 69.1 Å². The van der Waals surface area contributed by atoms with Crippen molar-refractivity contribution in [3.05, 3.63) is 29.5 Å². The Labute approximate surface area is 223 Å². The van der Waals surface area contributed by atoms with E-state index in [1.807, 2.05) is 11.0 Å². The molecule has 1 amide bonds. The Balaban J connectivity index is 1.30. The van der Waals surface area contributed by atoms with E-state index in [0.717, 1.165) is 74.4 Å². The molecule has 2 aromatic rings. The Morgan fingerprint density at radius 2 is 1.92 bits per heavy atom. The summed E-state index contributed by atoms with van der Waals surface area (Å²) in [6.07, 6.45) is 5.87. The number of hydrogen-bond acceptors (Lipinski definition) is 7. The second kappa shape index (κ2) is 11.4. The zero-order chi connectivity index (χ0) is 25.2. The lowest BCUT2D eigenvalue weighted by atomic mass is 9.95. The zero-order valence-corrected chi connectivity index (χ0v) is 22.6. The number of thioether (sulfide) groups is 1. The van der Waals surface area contributed by atoms with E-state index >= 15 is 0 Å². The van der Waals surface area contributed by atoms with Gasteiger partial charge in [-0.25, -0.2) is 0 Å². The number of fused-ring (bicyclic) bond motifs is 3. The molecule has 37 heavy (non-hydrogen) atoms. The van der Waals surface area contributed by atoms with E-state index in [0.29, 0.717) is 32.0 Å². The first-order valence-corrected chi connectivity index (χ1v) is 14.8. The average molecular weight is 527 g/mol. The Hall–Kier alpha value is -2.07. The minimum Gasteiger partial charge on any atom is -0.497 e. The van der Waals surface area contributed by atoms with Crippen molar-refractivity contribution in [3.8, 4) is 17.0 Å². The maximum absolute atomic E-state index is 13.7. The number of hydrogen-bond donors (Lipinski definition) is 0. The molecule has 4 aliphatic rings. The number of amides is 1. The van der Waals surface area contributed by atoms with Crippen LogP contribution in [0.3, 0.4) is 0 Å². The molecule has 200 valence electrons. The quantitative estimate of drug-likeness (QED) is 0.562. The van der Waals surface area contributed by atoms with E-state index in [4.69, 9.17) is 19.3 Å². The van der Waals surface area contributed by atoms with Crippen molar-refractivity contribution in [3.63, 3.8) is 0 Å². The normalized spacial score (nSPS) is 22.9. The summed E-state index contributed by atoms with van der Waals surface area (Å²) >= 11 is 1.77. The van der Waals surface area contributed by atoms with Gasteiger partial charge in [0.1, 0.15) is 5.75 Å². The van der Waals surface area contributed by atoms with E-state index in [9.17, 15) is 4.79 Å². The third kappa shape index (κ3) is 5.28. The first-order chi connectivity index (χ1) is 18.2. The molecule has 8 nitrogen and oxygen atoms in total. The Morgan fingerprint density at radius 1 is 1.11 bits per heavy atom. The summed E-state index contributed by atoms with van der Waals surface area (Å²) in [5, 5.41) is 5.11. The minimum atomic E-state index is 0.0445. The van der Waals surface area contributed by atoms with Crippen molar-refractivity contribution < 1.29 is 19.0 Å². The maximum atomic E-state index is 13.7. The molecule has 0 spiro atoms. The van der Waals surface area contributed by atoms with Crippen molar-refractivity contribution in [2.45, 2.75) is 48.8 Å². The van der Waals surface area contributed by atoms with E-state index in [1.54, 1.807) is 18.9 Å². The highest BCUT2D eigenvalue weighted by Gasteiger charge is 2.35. The Morgan fingerprint density at radius 3 is 2.73 bits per heavy atom. The number of ether oxygens (including phenoxy) is 3. The zero-order valence-electron chi connectivity index (χ0n) is 21.8. The second-order valence-electron chi connectivity index (χ2n) is 10.6. The van der Waals surface area contributed by atoms with E-state index in [1.165, 1.54) is 29.7 Å². The van der Waals surface area contributed by atoms with Gasteiger partial charge in [-0.3, -0.25) is 9.48 Å². The highest BCUT2D eigenvalue weighted by molar-refractivity contribution is 7.98. The van der Waals surface area contributed by atoms with Crippen molar-refractivity contribution in [2.24, 2.45) is 5.92 Å². The largest absolute Gasteiger partial charge is 0.497 e. The Kier molecular flexibility index (Phi) is 7.74. The molecule has 4 aliphatic heterocycles. The van der Waals surface area contributed by atoms with E-state index in [2.05, 4.69) is 21.7 Å². The molecule has 6 rings (SSSR count). The number of morpholine rings is 1. The number of rotatable bonds is 6. The summed E-state index contributed by atoms with van der Waals surface area (Å²) in [6, 6.07) is 6.55. The summed E-state index contributed by atoms with van der Waals surface area (Å²) in [5.41, 5.74) is 4.01. The van der Waals surface area contributed by atoms with Crippen LogP contribution >= 0.6 is 11.8 Å². The average Bonchev–Trinajstić information content (AvgIpc) is 3.37. The van der Waals surface area contributed by atoms with Gasteiger partial charge in [0, 0.05) is 54.6 Å². The lowest BCUT2D eigenvalue weighted by molar-refractivity contribution is 0.0297. The molecule has 1 aromatic carbocycles. The predicted octanol–water partition coefficient (Wildman–Crippen LogP) is 4.09. The van der Waals surface area contributed by atoms with Crippen molar-refractivity contribution >= 4 is 17.7 Å². The van der Waals surface area contributed by atoms with Gasteiger partial charge < -0.3 is 24.0 Å². The number of likely N-dealkylation sites (tertiary alicyclic amines) is 1. The van der Waals surface area contributed by atoms with Crippen LogP contribution in [0.2, 0.25) is 0 Å². The molecule has 1 atom stereocenters. The van der Waals surface area contributed by atoms with Gasteiger partial charge in [0.05, 0.1) is 32.1 Å². The fraction of sp³-hybridized carbons (Fsp3) is 0.643. The number of nitrogens with zero attached hydrogens (tertiary/aromatic N) is 4. The van der Waals surface area contributed by atoms with Crippen molar-refractivity contribution in [1.29, 1.82) is 0 Å². The molecule has 3 saturated heterocycles. The molecule has 0 bridgehead atoms. The molecule has 9 heteroatoms. The van der Waals surface area contributed by atoms with Gasteiger partial charge in [-0.15, -0.1) is 11.8 Å². The summed E-state index contributed by atoms with van der Waals surface area (Å²) in [5.74, 6) is 2.44. The first kappa shape index (κ1) is 25.2. The van der Waals surface area contributed by atoms with Crippen LogP contribution in [0.15, 0.2) is 23.1 Å². The third-order valence-electron chi connectivity index (χ3n) is 8.35. The lowest BCUT2D eigenvalue weighted by Crippen LogP contribution is -2.41. The molecule has 1 unspecified atom stereocenters. The SMILES string of the molecule is COc1ccc2c(c1)SCc1c(C(=O)N3CCOCC3)nn(C3CCCN(CCC4CCOCC4)C3)c1-2. The summed E-state index contributed by atoms with van der Waals surface area (Å²) in [6.45, 7) is 7.54. The van der Waals surface area contributed by atoms with Gasteiger partial charge in [0.2, 0.25) is 0 Å². The van der Waals surface area contributed by atoms with Gasteiger partial charge >= 0.3 is 0 Å². The second-order valence-corrected chi connectivity index (χ2v) is 11.6. The van der Waals surface area contributed by atoms with E-state index < -0.39 is 0 Å². The first-order valence-electron chi connectivity index (χ1n) is 13.8. The molecular weight excluding hydrogens is 488 g/mol. The van der Waals surface area contributed by atoms with Crippen LogP contribution in [-0.4, -0.2) is 91.7 Å². The van der Waals surface area contributed by atoms with Gasteiger partial charge in [0.25, 0.3) is 5.91 Å². The molecule has 5 heterocycles. The van der Waals surface area contributed by atoms with Crippen LogP contribution in [0.25, 0.3) is 11.3 Å². The standard InChI is InChI=1S/C28H38N4O4S/c1-34-22-4-5-23-25(17-22)37-19-24-26(28(33)31-11-15-36-16-12-31)29-32(27(23)24)21-3-2-9-30(18-21)10-6-20-7-13-35-14-8-20/h4-5,17,20-21H,2-3,6-16,18-19H2,1H3. The Bertz CT molecular complexity index is 1110. The maximum Gasteiger partial charge on any atom is 0.274 e. The number of carbonyl (C=O) groups excluding carboxylic acids is 1. The van der Waals surface area contributed by atoms with Crippen LogP contribution in [0.1, 0.15) is 54.2 Å². The lowest BCUT2D eigenvalue weighted by Gasteiger charge is -2.35. The van der Waals surface area contributed by atoms with Crippen LogP contribution in [0, 0.1) is 5.92 Å². The number of carbonyl (C=O) groups is 1. The van der Waals surface area contributed by atoms with Crippen LogP contribution in [0.5, 0.6) is 5.75 Å².